The van der Waals surface area contributed by atoms with E-state index in [2.05, 4.69) is 35.9 Å². The van der Waals surface area contributed by atoms with E-state index in [-0.39, 0.29) is 11.3 Å². The molecule has 2 N–H and O–H groups in total. The number of nitrogen functional groups attached to an aromatic ring is 1. The molecular weight excluding hydrogens is 298 g/mol. The van der Waals surface area contributed by atoms with Crippen LogP contribution in [0.3, 0.4) is 0 Å². The van der Waals surface area contributed by atoms with E-state index >= 15 is 0 Å². The van der Waals surface area contributed by atoms with Crippen molar-refractivity contribution < 1.29 is 4.79 Å². The molecule has 0 saturated heterocycles. The van der Waals surface area contributed by atoms with E-state index in [4.69, 9.17) is 5.73 Å². The highest BCUT2D eigenvalue weighted by atomic mass is 16.1. The van der Waals surface area contributed by atoms with Gasteiger partial charge in [0.2, 0.25) is 5.95 Å². The zero-order valence-corrected chi connectivity index (χ0v) is 14.2. The number of hydrogen-bond acceptors (Lipinski definition) is 4. The molecule has 2 aromatic rings. The van der Waals surface area contributed by atoms with Gasteiger partial charge in [-0.3, -0.25) is 4.79 Å². The molecule has 1 aromatic carbocycles. The van der Waals surface area contributed by atoms with Gasteiger partial charge in [-0.05, 0) is 25.2 Å². The fraction of sp³-hybridized carbons (Fsp3) is 0.450. The number of carbonyl (C=O) groups excluding carboxylic acids is 1. The van der Waals surface area contributed by atoms with E-state index in [1.54, 1.807) is 0 Å². The number of anilines is 1. The third-order valence-electron chi connectivity index (χ3n) is 6.14. The minimum Gasteiger partial charge on any atom is -0.368 e. The molecule has 0 unspecified atom stereocenters. The van der Waals surface area contributed by atoms with Crippen molar-refractivity contribution in [2.45, 2.75) is 44.9 Å². The SMILES string of the molecule is C[C@H]1C(=O)CC[C@@]2(C)c3nc(N)nc(-c4ccccc4)c3CC[C@H]12. The molecular formula is C20H23N3O. The van der Waals surface area contributed by atoms with Crippen molar-refractivity contribution in [2.24, 2.45) is 11.8 Å². The van der Waals surface area contributed by atoms with Crippen LogP contribution in [0.1, 0.15) is 44.4 Å². The minimum atomic E-state index is -0.0818. The van der Waals surface area contributed by atoms with Gasteiger partial charge in [-0.2, -0.15) is 0 Å². The monoisotopic (exact) mass is 321 g/mol. The number of carbonyl (C=O) groups is 1. The van der Waals surface area contributed by atoms with E-state index < -0.39 is 0 Å². The summed E-state index contributed by atoms with van der Waals surface area (Å²) in [5.74, 6) is 1.18. The Morgan fingerprint density at radius 3 is 2.67 bits per heavy atom. The van der Waals surface area contributed by atoms with Gasteiger partial charge in [-0.15, -0.1) is 0 Å². The van der Waals surface area contributed by atoms with Gasteiger partial charge in [0, 0.05) is 28.9 Å². The van der Waals surface area contributed by atoms with Crippen molar-refractivity contribution in [3.63, 3.8) is 0 Å². The molecule has 3 atom stereocenters. The first-order chi connectivity index (χ1) is 11.5. The van der Waals surface area contributed by atoms with Crippen molar-refractivity contribution in [1.29, 1.82) is 0 Å². The van der Waals surface area contributed by atoms with Crippen LogP contribution in [0.15, 0.2) is 30.3 Å². The van der Waals surface area contributed by atoms with Gasteiger partial charge in [0.15, 0.2) is 0 Å². The van der Waals surface area contributed by atoms with Crippen LogP contribution in [-0.2, 0) is 16.6 Å². The van der Waals surface area contributed by atoms with E-state index in [9.17, 15) is 4.79 Å². The summed E-state index contributed by atoms with van der Waals surface area (Å²) in [7, 11) is 0. The summed E-state index contributed by atoms with van der Waals surface area (Å²) in [6.45, 7) is 4.35. The summed E-state index contributed by atoms with van der Waals surface area (Å²) < 4.78 is 0. The maximum Gasteiger partial charge on any atom is 0.220 e. The molecule has 2 aliphatic carbocycles. The van der Waals surface area contributed by atoms with E-state index in [1.165, 1.54) is 5.56 Å². The molecule has 1 saturated carbocycles. The third-order valence-corrected chi connectivity index (χ3v) is 6.14. The van der Waals surface area contributed by atoms with Gasteiger partial charge in [0.1, 0.15) is 5.78 Å². The predicted molar refractivity (Wildman–Crippen MR) is 94.4 cm³/mol. The van der Waals surface area contributed by atoms with Gasteiger partial charge in [0.05, 0.1) is 11.4 Å². The standard InChI is InChI=1S/C20H23N3O/c1-12-15-9-8-14-17(13-6-4-3-5-7-13)22-19(21)23-18(14)20(15,2)11-10-16(12)24/h3-7,12,15H,8-11H2,1-2H3,(H2,21,22,23)/t12-,15-,20-/m1/s1. The molecule has 124 valence electrons. The molecule has 0 spiro atoms. The lowest BCUT2D eigenvalue weighted by Gasteiger charge is -2.48. The van der Waals surface area contributed by atoms with Gasteiger partial charge >= 0.3 is 0 Å². The number of nitrogens with zero attached hydrogens (tertiary/aromatic N) is 2. The Hall–Kier alpha value is -2.23. The zero-order chi connectivity index (χ0) is 16.9. The number of benzene rings is 1. The van der Waals surface area contributed by atoms with Crippen LogP contribution in [0.5, 0.6) is 0 Å². The first-order valence-corrected chi connectivity index (χ1v) is 8.75. The van der Waals surface area contributed by atoms with Crippen molar-refractivity contribution in [3.05, 3.63) is 41.6 Å². The average Bonchev–Trinajstić information content (AvgIpc) is 2.59. The van der Waals surface area contributed by atoms with Gasteiger partial charge in [-0.25, -0.2) is 9.97 Å². The number of Topliss-reactive ketones (excluding diaryl/α,β-unsaturated/α-hetero) is 1. The van der Waals surface area contributed by atoms with Gasteiger partial charge in [0.25, 0.3) is 0 Å². The summed E-state index contributed by atoms with van der Waals surface area (Å²) in [5.41, 5.74) is 10.3. The molecule has 1 heterocycles. The second-order valence-corrected chi connectivity index (χ2v) is 7.44. The number of nitrogens with two attached hydrogens (primary N) is 1. The van der Waals surface area contributed by atoms with Crippen LogP contribution >= 0.6 is 0 Å². The summed E-state index contributed by atoms with van der Waals surface area (Å²) in [4.78, 5) is 21.4. The molecule has 4 heteroatoms. The molecule has 2 aliphatic rings. The molecule has 1 fully saturated rings. The number of hydrogen-bond donors (Lipinski definition) is 1. The maximum atomic E-state index is 12.2. The van der Waals surface area contributed by atoms with Crippen molar-refractivity contribution in [1.82, 2.24) is 9.97 Å². The average molecular weight is 321 g/mol. The second-order valence-electron chi connectivity index (χ2n) is 7.44. The topological polar surface area (TPSA) is 68.9 Å². The van der Waals surface area contributed by atoms with E-state index in [0.717, 1.165) is 36.2 Å². The normalized spacial score (nSPS) is 29.0. The first kappa shape index (κ1) is 15.3. The second kappa shape index (κ2) is 5.40. The highest BCUT2D eigenvalue weighted by molar-refractivity contribution is 5.82. The lowest BCUT2D eigenvalue weighted by atomic mass is 9.56. The lowest BCUT2D eigenvalue weighted by molar-refractivity contribution is -0.128. The Balaban J connectivity index is 1.90. The Kier molecular flexibility index (Phi) is 3.44. The van der Waals surface area contributed by atoms with E-state index in [0.29, 0.717) is 24.1 Å². The lowest BCUT2D eigenvalue weighted by Crippen LogP contribution is -2.47. The molecule has 1 aromatic heterocycles. The van der Waals surface area contributed by atoms with Crippen molar-refractivity contribution in [2.75, 3.05) is 5.73 Å². The summed E-state index contributed by atoms with van der Waals surface area (Å²) >= 11 is 0. The molecule has 0 amide bonds. The highest BCUT2D eigenvalue weighted by Gasteiger charge is 2.49. The molecule has 0 radical (unpaired) electrons. The quantitative estimate of drug-likeness (QED) is 0.872. The molecule has 24 heavy (non-hydrogen) atoms. The van der Waals surface area contributed by atoms with Crippen LogP contribution in [0.2, 0.25) is 0 Å². The van der Waals surface area contributed by atoms with E-state index in [1.807, 2.05) is 18.2 Å². The maximum absolute atomic E-state index is 12.2. The first-order valence-electron chi connectivity index (χ1n) is 8.75. The van der Waals surface area contributed by atoms with Crippen LogP contribution in [-0.4, -0.2) is 15.8 Å². The van der Waals surface area contributed by atoms with Crippen LogP contribution in [0.25, 0.3) is 11.3 Å². The number of ketones is 1. The minimum absolute atomic E-state index is 0.0818. The third kappa shape index (κ3) is 2.16. The van der Waals surface area contributed by atoms with Crippen molar-refractivity contribution in [3.8, 4) is 11.3 Å². The smallest absolute Gasteiger partial charge is 0.220 e. The Bertz CT molecular complexity index is 802. The molecule has 4 rings (SSSR count). The van der Waals surface area contributed by atoms with Gasteiger partial charge in [-0.1, -0.05) is 44.2 Å². The number of aromatic nitrogens is 2. The zero-order valence-electron chi connectivity index (χ0n) is 14.2. The molecule has 4 nitrogen and oxygen atoms in total. The van der Waals surface area contributed by atoms with Crippen LogP contribution in [0, 0.1) is 11.8 Å². The summed E-state index contributed by atoms with van der Waals surface area (Å²) in [6, 6.07) is 10.2. The molecule has 0 aliphatic heterocycles. The van der Waals surface area contributed by atoms with Crippen LogP contribution in [0.4, 0.5) is 5.95 Å². The summed E-state index contributed by atoms with van der Waals surface area (Å²) in [6.07, 6.45) is 3.43. The van der Waals surface area contributed by atoms with Crippen molar-refractivity contribution >= 4 is 11.7 Å². The molecule has 0 bridgehead atoms. The number of fused-ring (bicyclic) bond motifs is 3. The summed E-state index contributed by atoms with van der Waals surface area (Å²) in [5, 5.41) is 0. The largest absolute Gasteiger partial charge is 0.368 e. The Morgan fingerprint density at radius 2 is 1.92 bits per heavy atom. The predicted octanol–water partition coefficient (Wildman–Crippen LogP) is 3.54. The van der Waals surface area contributed by atoms with Gasteiger partial charge < -0.3 is 5.73 Å². The van der Waals surface area contributed by atoms with Crippen LogP contribution < -0.4 is 5.73 Å². The Morgan fingerprint density at radius 1 is 1.17 bits per heavy atom. The highest BCUT2D eigenvalue weighted by Crippen LogP contribution is 2.51. The fourth-order valence-electron chi connectivity index (χ4n) is 4.78. The fourth-order valence-corrected chi connectivity index (χ4v) is 4.78. The Labute approximate surface area is 142 Å². The number of rotatable bonds is 1.